The lowest BCUT2D eigenvalue weighted by Crippen LogP contribution is -2.41. The summed E-state index contributed by atoms with van der Waals surface area (Å²) in [4.78, 5) is 0. The summed E-state index contributed by atoms with van der Waals surface area (Å²) in [6, 6.07) is 0. The van der Waals surface area contributed by atoms with Crippen molar-refractivity contribution in [2.75, 3.05) is 0 Å². The van der Waals surface area contributed by atoms with Crippen LogP contribution < -0.4 is 5.73 Å². The molecule has 0 amide bonds. The van der Waals surface area contributed by atoms with Crippen LogP contribution in [0, 0.1) is 5.92 Å². The van der Waals surface area contributed by atoms with Crippen molar-refractivity contribution < 1.29 is 0 Å². The van der Waals surface area contributed by atoms with E-state index in [4.69, 9.17) is 5.73 Å². The Balaban J connectivity index is 1.70. The van der Waals surface area contributed by atoms with Crippen LogP contribution in [0.1, 0.15) is 77.0 Å². The van der Waals surface area contributed by atoms with Crippen molar-refractivity contribution in [3.05, 3.63) is 0 Å². The summed E-state index contributed by atoms with van der Waals surface area (Å²) in [7, 11) is 0. The second kappa shape index (κ2) is 5.34. The number of hydrogen-bond acceptors (Lipinski definition) is 1. The molecule has 0 saturated heterocycles. The van der Waals surface area contributed by atoms with Crippen LogP contribution in [-0.4, -0.2) is 5.54 Å². The topological polar surface area (TPSA) is 26.0 Å². The Bertz CT molecular complexity index is 176. The zero-order chi connectivity index (χ0) is 10.6. The first-order valence-electron chi connectivity index (χ1n) is 7.07. The molecule has 0 aliphatic heterocycles. The van der Waals surface area contributed by atoms with E-state index >= 15 is 0 Å². The molecule has 0 heterocycles. The largest absolute Gasteiger partial charge is 0.325 e. The van der Waals surface area contributed by atoms with Crippen molar-refractivity contribution in [1.82, 2.24) is 0 Å². The summed E-state index contributed by atoms with van der Waals surface area (Å²) in [6.07, 6.45) is 16.9. The summed E-state index contributed by atoms with van der Waals surface area (Å²) >= 11 is 0. The molecule has 88 valence electrons. The van der Waals surface area contributed by atoms with Crippen LogP contribution in [0.15, 0.2) is 0 Å². The number of hydrogen-bond donors (Lipinski definition) is 1. The molecule has 2 saturated carbocycles. The standard InChI is InChI=1S/C14H27N/c15-14(10-5-2-6-11-14)12-9-13-7-3-1-4-8-13/h13H,1-12,15H2. The van der Waals surface area contributed by atoms with Gasteiger partial charge >= 0.3 is 0 Å². The van der Waals surface area contributed by atoms with Crippen LogP contribution in [0.5, 0.6) is 0 Å². The van der Waals surface area contributed by atoms with E-state index in [2.05, 4.69) is 0 Å². The van der Waals surface area contributed by atoms with E-state index in [-0.39, 0.29) is 5.54 Å². The maximum absolute atomic E-state index is 6.48. The van der Waals surface area contributed by atoms with Gasteiger partial charge in [0.1, 0.15) is 0 Å². The zero-order valence-electron chi connectivity index (χ0n) is 10.1. The first kappa shape index (κ1) is 11.4. The predicted molar refractivity (Wildman–Crippen MR) is 65.8 cm³/mol. The van der Waals surface area contributed by atoms with Crippen molar-refractivity contribution in [2.45, 2.75) is 82.6 Å². The number of rotatable bonds is 3. The van der Waals surface area contributed by atoms with Crippen molar-refractivity contribution >= 4 is 0 Å². The normalized spacial score (nSPS) is 27.8. The summed E-state index contributed by atoms with van der Waals surface area (Å²) in [5.74, 6) is 1.01. The molecule has 0 radical (unpaired) electrons. The fourth-order valence-electron chi connectivity index (χ4n) is 3.47. The van der Waals surface area contributed by atoms with Gasteiger partial charge in [-0.1, -0.05) is 51.4 Å². The Hall–Kier alpha value is -0.0400. The minimum Gasteiger partial charge on any atom is -0.325 e. The van der Waals surface area contributed by atoms with Gasteiger partial charge in [-0.25, -0.2) is 0 Å². The van der Waals surface area contributed by atoms with Gasteiger partial charge in [-0.3, -0.25) is 0 Å². The van der Waals surface area contributed by atoms with Gasteiger partial charge in [0, 0.05) is 5.54 Å². The average Bonchev–Trinajstić information content (AvgIpc) is 2.29. The minimum absolute atomic E-state index is 0.232. The van der Waals surface area contributed by atoms with Gasteiger partial charge in [0.2, 0.25) is 0 Å². The lowest BCUT2D eigenvalue weighted by atomic mass is 9.76. The molecule has 0 aromatic rings. The van der Waals surface area contributed by atoms with Crippen LogP contribution in [0.4, 0.5) is 0 Å². The molecule has 1 nitrogen and oxygen atoms in total. The van der Waals surface area contributed by atoms with Gasteiger partial charge in [0.25, 0.3) is 0 Å². The molecular weight excluding hydrogens is 182 g/mol. The first-order valence-corrected chi connectivity index (χ1v) is 7.07. The van der Waals surface area contributed by atoms with Gasteiger partial charge in [-0.2, -0.15) is 0 Å². The van der Waals surface area contributed by atoms with Crippen LogP contribution in [0.25, 0.3) is 0 Å². The van der Waals surface area contributed by atoms with Crippen molar-refractivity contribution in [3.8, 4) is 0 Å². The highest BCUT2D eigenvalue weighted by molar-refractivity contribution is 4.87. The van der Waals surface area contributed by atoms with Crippen LogP contribution in [-0.2, 0) is 0 Å². The van der Waals surface area contributed by atoms with Gasteiger partial charge in [0.05, 0.1) is 0 Å². The minimum atomic E-state index is 0.232. The van der Waals surface area contributed by atoms with Crippen LogP contribution in [0.2, 0.25) is 0 Å². The monoisotopic (exact) mass is 209 g/mol. The molecule has 2 aliphatic rings. The molecule has 0 unspecified atom stereocenters. The molecule has 0 aromatic carbocycles. The van der Waals surface area contributed by atoms with E-state index in [1.54, 1.807) is 0 Å². The Kier molecular flexibility index (Phi) is 4.07. The molecular formula is C14H27N. The van der Waals surface area contributed by atoms with E-state index in [0.717, 1.165) is 5.92 Å². The highest BCUT2D eigenvalue weighted by Gasteiger charge is 2.28. The van der Waals surface area contributed by atoms with E-state index in [1.807, 2.05) is 0 Å². The molecule has 15 heavy (non-hydrogen) atoms. The predicted octanol–water partition coefficient (Wildman–Crippen LogP) is 4.01. The maximum Gasteiger partial charge on any atom is 0.0154 e. The third-order valence-electron chi connectivity index (χ3n) is 4.62. The van der Waals surface area contributed by atoms with Crippen LogP contribution in [0.3, 0.4) is 0 Å². The lowest BCUT2D eigenvalue weighted by molar-refractivity contribution is 0.236. The fraction of sp³-hybridized carbons (Fsp3) is 1.00. The van der Waals surface area contributed by atoms with Crippen molar-refractivity contribution in [3.63, 3.8) is 0 Å². The van der Waals surface area contributed by atoms with Crippen molar-refractivity contribution in [1.29, 1.82) is 0 Å². The van der Waals surface area contributed by atoms with E-state index in [1.165, 1.54) is 77.0 Å². The van der Waals surface area contributed by atoms with Gasteiger partial charge < -0.3 is 5.73 Å². The molecule has 1 heteroatoms. The molecule has 0 atom stereocenters. The molecule has 0 spiro atoms. The Morgan fingerprint density at radius 2 is 1.47 bits per heavy atom. The summed E-state index contributed by atoms with van der Waals surface area (Å²) in [6.45, 7) is 0. The van der Waals surface area contributed by atoms with Crippen molar-refractivity contribution in [2.24, 2.45) is 11.7 Å². The fourth-order valence-corrected chi connectivity index (χ4v) is 3.47. The smallest absolute Gasteiger partial charge is 0.0154 e. The summed E-state index contributed by atoms with van der Waals surface area (Å²) in [5, 5.41) is 0. The second-order valence-electron chi connectivity index (χ2n) is 5.97. The van der Waals surface area contributed by atoms with Gasteiger partial charge in [-0.05, 0) is 31.6 Å². The second-order valence-corrected chi connectivity index (χ2v) is 5.97. The molecule has 2 fully saturated rings. The highest BCUT2D eigenvalue weighted by Crippen LogP contribution is 2.34. The zero-order valence-corrected chi connectivity index (χ0v) is 10.1. The maximum atomic E-state index is 6.48. The summed E-state index contributed by atoms with van der Waals surface area (Å²) < 4.78 is 0. The van der Waals surface area contributed by atoms with E-state index < -0.39 is 0 Å². The Morgan fingerprint density at radius 1 is 0.867 bits per heavy atom. The lowest BCUT2D eigenvalue weighted by Gasteiger charge is -2.35. The average molecular weight is 209 g/mol. The molecule has 2 aliphatic carbocycles. The van der Waals surface area contributed by atoms with Crippen LogP contribution >= 0.6 is 0 Å². The third kappa shape index (κ3) is 3.48. The van der Waals surface area contributed by atoms with E-state index in [0.29, 0.717) is 0 Å². The van der Waals surface area contributed by atoms with Gasteiger partial charge in [-0.15, -0.1) is 0 Å². The molecule has 0 aromatic heterocycles. The summed E-state index contributed by atoms with van der Waals surface area (Å²) in [5.41, 5.74) is 6.71. The van der Waals surface area contributed by atoms with E-state index in [9.17, 15) is 0 Å². The third-order valence-corrected chi connectivity index (χ3v) is 4.62. The number of nitrogens with two attached hydrogens (primary N) is 1. The Morgan fingerprint density at radius 3 is 2.13 bits per heavy atom. The Labute approximate surface area is 94.8 Å². The molecule has 2 N–H and O–H groups in total. The molecule has 0 bridgehead atoms. The SMILES string of the molecule is NC1(CCC2CCCCC2)CCCCC1. The first-order chi connectivity index (χ1) is 7.29. The van der Waals surface area contributed by atoms with Gasteiger partial charge in [0.15, 0.2) is 0 Å². The highest BCUT2D eigenvalue weighted by atomic mass is 14.7. The molecule has 2 rings (SSSR count). The quantitative estimate of drug-likeness (QED) is 0.746.